The van der Waals surface area contributed by atoms with Crippen LogP contribution < -0.4 is 10.6 Å². The predicted octanol–water partition coefficient (Wildman–Crippen LogP) is 4.25. The number of fused-ring (bicyclic) bond motifs is 1. The number of nitrogens with one attached hydrogen (secondary N) is 2. The number of ether oxygens (including phenoxy) is 1. The van der Waals surface area contributed by atoms with Gasteiger partial charge in [0.05, 0.1) is 30.2 Å². The van der Waals surface area contributed by atoms with Crippen molar-refractivity contribution in [1.82, 2.24) is 40.2 Å². The number of benzene rings is 1. The summed E-state index contributed by atoms with van der Waals surface area (Å²) in [5, 5.41) is 18.8. The maximum absolute atomic E-state index is 13.2. The van der Waals surface area contributed by atoms with Crippen LogP contribution in [0.5, 0.6) is 0 Å². The molecular weight excluding hydrogens is 534 g/mol. The van der Waals surface area contributed by atoms with E-state index in [0.717, 1.165) is 73.8 Å². The van der Waals surface area contributed by atoms with Gasteiger partial charge in [0, 0.05) is 55.7 Å². The Morgan fingerprint density at radius 1 is 1.17 bits per heavy atom. The Balaban J connectivity index is 1.28. The topological polar surface area (TPSA) is 136 Å². The van der Waals surface area contributed by atoms with Gasteiger partial charge in [-0.2, -0.15) is 5.10 Å². The zero-order valence-corrected chi connectivity index (χ0v) is 24.5. The molecule has 0 radical (unpaired) electrons. The fourth-order valence-electron chi connectivity index (χ4n) is 5.41. The van der Waals surface area contributed by atoms with Gasteiger partial charge in [-0.05, 0) is 43.0 Å². The van der Waals surface area contributed by atoms with Crippen LogP contribution in [0.2, 0.25) is 0 Å². The molecule has 0 aliphatic carbocycles. The molecule has 220 valence electrons. The van der Waals surface area contributed by atoms with E-state index < -0.39 is 0 Å². The van der Waals surface area contributed by atoms with Crippen molar-refractivity contribution >= 4 is 17.5 Å². The minimum absolute atomic E-state index is 0.0196. The Kier molecular flexibility index (Phi) is 7.74. The van der Waals surface area contributed by atoms with Gasteiger partial charge in [0.25, 0.3) is 0 Å². The minimum atomic E-state index is -0.367. The second-order valence-corrected chi connectivity index (χ2v) is 11.9. The van der Waals surface area contributed by atoms with Gasteiger partial charge in [-0.3, -0.25) is 14.4 Å². The highest BCUT2D eigenvalue weighted by Gasteiger charge is 2.31. The molecule has 4 aromatic rings. The molecule has 1 unspecified atom stereocenters. The van der Waals surface area contributed by atoms with Crippen molar-refractivity contribution < 1.29 is 13.9 Å². The number of carbonyl (C=O) groups is 1. The molecule has 1 fully saturated rings. The number of anilines is 2. The zero-order valence-electron chi connectivity index (χ0n) is 24.5. The van der Waals surface area contributed by atoms with Crippen molar-refractivity contribution in [2.45, 2.75) is 71.1 Å². The van der Waals surface area contributed by atoms with E-state index in [1.165, 1.54) is 0 Å². The van der Waals surface area contributed by atoms with Crippen LogP contribution in [-0.4, -0.2) is 66.6 Å². The molecule has 0 saturated carbocycles. The summed E-state index contributed by atoms with van der Waals surface area (Å²) >= 11 is 0. The van der Waals surface area contributed by atoms with E-state index >= 15 is 0 Å². The summed E-state index contributed by atoms with van der Waals surface area (Å²) in [6.45, 7) is 11.8. The molecule has 2 atom stereocenters. The molecule has 1 amide bonds. The number of rotatable bonds is 7. The van der Waals surface area contributed by atoms with Crippen LogP contribution >= 0.6 is 0 Å². The lowest BCUT2D eigenvalue weighted by atomic mass is 9.96. The number of hydrogen-bond donors (Lipinski definition) is 2. The standard InChI is InChI=1S/C30H37N9O3/c1-5-39-17-21(15-32-39)33-29-31-11-8-24(35-29)19-6-7-23-20(14-19)16-38(22-10-13-41-18-22)12-9-25(23)34-26(40)27-36-37-28(42-27)30(2,3)4/h6-8,11,14-15,17,22,25H,5,9-10,12-13,16,18H2,1-4H3,(H,34,40)(H,31,33,35)/t22?,25-/m1/s1. The Labute approximate surface area is 244 Å². The van der Waals surface area contributed by atoms with E-state index in [4.69, 9.17) is 14.1 Å². The Hall–Kier alpha value is -4.16. The zero-order chi connectivity index (χ0) is 29.3. The molecule has 12 heteroatoms. The molecule has 0 spiro atoms. The summed E-state index contributed by atoms with van der Waals surface area (Å²) in [7, 11) is 0. The van der Waals surface area contributed by atoms with Crippen molar-refractivity contribution in [3.05, 3.63) is 65.8 Å². The van der Waals surface area contributed by atoms with Crippen LogP contribution in [0.25, 0.3) is 11.3 Å². The first-order valence-electron chi connectivity index (χ1n) is 14.5. The fourth-order valence-corrected chi connectivity index (χ4v) is 5.41. The summed E-state index contributed by atoms with van der Waals surface area (Å²) < 4.78 is 13.3. The summed E-state index contributed by atoms with van der Waals surface area (Å²) in [6, 6.07) is 8.37. The monoisotopic (exact) mass is 571 g/mol. The third-order valence-corrected chi connectivity index (χ3v) is 7.75. The van der Waals surface area contributed by atoms with Crippen molar-refractivity contribution in [2.24, 2.45) is 0 Å². The second-order valence-electron chi connectivity index (χ2n) is 11.9. The number of aryl methyl sites for hydroxylation is 1. The van der Waals surface area contributed by atoms with E-state index in [9.17, 15) is 4.79 Å². The van der Waals surface area contributed by atoms with E-state index in [-0.39, 0.29) is 23.3 Å². The highest BCUT2D eigenvalue weighted by Crippen LogP contribution is 2.33. The average Bonchev–Trinajstić information content (AvgIpc) is 3.75. The van der Waals surface area contributed by atoms with Crippen LogP contribution in [-0.2, 0) is 23.2 Å². The largest absolute Gasteiger partial charge is 0.416 e. The van der Waals surface area contributed by atoms with Crippen molar-refractivity contribution in [3.63, 3.8) is 0 Å². The number of aromatic nitrogens is 6. The Morgan fingerprint density at radius 3 is 2.79 bits per heavy atom. The van der Waals surface area contributed by atoms with Crippen LogP contribution in [0.1, 0.15) is 74.3 Å². The molecular formula is C30H37N9O3. The SMILES string of the molecule is CCn1cc(Nc2nccc(-c3ccc4c(c3)CN(C3CCOC3)CC[C@H]4NC(=O)c3nnc(C(C)(C)C)o3)n2)cn1. The summed E-state index contributed by atoms with van der Waals surface area (Å²) in [5.74, 6) is 0.550. The summed E-state index contributed by atoms with van der Waals surface area (Å²) in [4.78, 5) is 24.9. The minimum Gasteiger partial charge on any atom is -0.416 e. The first kappa shape index (κ1) is 28.0. The molecule has 1 saturated heterocycles. The maximum atomic E-state index is 13.2. The third kappa shape index (κ3) is 6.04. The van der Waals surface area contributed by atoms with Crippen LogP contribution in [0, 0.1) is 0 Å². The first-order chi connectivity index (χ1) is 20.3. The highest BCUT2D eigenvalue weighted by molar-refractivity contribution is 5.89. The van der Waals surface area contributed by atoms with E-state index in [2.05, 4.69) is 54.0 Å². The molecule has 12 nitrogen and oxygen atoms in total. The number of carbonyl (C=O) groups excluding carboxylic acids is 1. The highest BCUT2D eigenvalue weighted by atomic mass is 16.5. The smallest absolute Gasteiger partial charge is 0.309 e. The molecule has 6 rings (SSSR count). The molecule has 2 aliphatic rings. The molecule has 2 N–H and O–H groups in total. The number of hydrogen-bond acceptors (Lipinski definition) is 10. The summed E-state index contributed by atoms with van der Waals surface area (Å²) in [5.41, 5.74) is 4.49. The van der Waals surface area contributed by atoms with Gasteiger partial charge < -0.3 is 19.8 Å². The quantitative estimate of drug-likeness (QED) is 0.331. The van der Waals surface area contributed by atoms with Gasteiger partial charge in [-0.25, -0.2) is 9.97 Å². The maximum Gasteiger partial charge on any atom is 0.309 e. The van der Waals surface area contributed by atoms with Gasteiger partial charge in [0.1, 0.15) is 0 Å². The lowest BCUT2D eigenvalue weighted by Crippen LogP contribution is -2.36. The predicted molar refractivity (Wildman–Crippen MR) is 156 cm³/mol. The third-order valence-electron chi connectivity index (χ3n) is 7.75. The van der Waals surface area contributed by atoms with Gasteiger partial charge in [-0.15, -0.1) is 10.2 Å². The molecule has 42 heavy (non-hydrogen) atoms. The lowest BCUT2D eigenvalue weighted by Gasteiger charge is -2.26. The molecule has 1 aromatic carbocycles. The first-order valence-corrected chi connectivity index (χ1v) is 14.5. The van der Waals surface area contributed by atoms with E-state index in [1.807, 2.05) is 44.6 Å². The molecule has 3 aromatic heterocycles. The van der Waals surface area contributed by atoms with Crippen LogP contribution in [0.15, 0.2) is 47.3 Å². The fraction of sp³-hybridized carbons (Fsp3) is 0.467. The van der Waals surface area contributed by atoms with Gasteiger partial charge in [0.15, 0.2) is 0 Å². The Morgan fingerprint density at radius 2 is 2.05 bits per heavy atom. The van der Waals surface area contributed by atoms with Crippen molar-refractivity contribution in [2.75, 3.05) is 25.1 Å². The van der Waals surface area contributed by atoms with E-state index in [1.54, 1.807) is 12.4 Å². The average molecular weight is 572 g/mol. The van der Waals surface area contributed by atoms with Crippen molar-refractivity contribution in [3.8, 4) is 11.3 Å². The van der Waals surface area contributed by atoms with Crippen molar-refractivity contribution in [1.29, 1.82) is 0 Å². The second kappa shape index (κ2) is 11.6. The van der Waals surface area contributed by atoms with Crippen LogP contribution in [0.3, 0.4) is 0 Å². The lowest BCUT2D eigenvalue weighted by molar-refractivity contribution is 0.0891. The van der Waals surface area contributed by atoms with Gasteiger partial charge in [-0.1, -0.05) is 32.9 Å². The number of amides is 1. The molecule has 5 heterocycles. The Bertz CT molecular complexity index is 1550. The van der Waals surface area contributed by atoms with E-state index in [0.29, 0.717) is 17.9 Å². The van der Waals surface area contributed by atoms with Crippen LogP contribution in [0.4, 0.5) is 11.6 Å². The summed E-state index contributed by atoms with van der Waals surface area (Å²) in [6.07, 6.45) is 7.19. The molecule has 2 aliphatic heterocycles. The molecule has 0 bridgehead atoms. The van der Waals surface area contributed by atoms with Gasteiger partial charge in [0.2, 0.25) is 11.8 Å². The van der Waals surface area contributed by atoms with Gasteiger partial charge >= 0.3 is 11.8 Å². The normalized spacial score (nSPS) is 19.3. The number of nitrogens with zero attached hydrogens (tertiary/aromatic N) is 7.